The summed E-state index contributed by atoms with van der Waals surface area (Å²) in [5.74, 6) is -0.910. The molecule has 0 aliphatic heterocycles. The number of carbonyl (C=O) groups excluding carboxylic acids is 1. The van der Waals surface area contributed by atoms with Crippen LogP contribution in [0.3, 0.4) is 0 Å². The van der Waals surface area contributed by atoms with Gasteiger partial charge in [0, 0.05) is 5.03 Å². The quantitative estimate of drug-likeness (QED) is 0.428. The Morgan fingerprint density at radius 3 is 2.11 bits per heavy atom. The molecule has 0 bridgehead atoms. The molecule has 0 aliphatic carbocycles. The van der Waals surface area contributed by atoms with Crippen molar-refractivity contribution in [3.63, 3.8) is 0 Å². The molecule has 0 rings (SSSR count). The van der Waals surface area contributed by atoms with E-state index in [1.807, 2.05) is 0 Å². The van der Waals surface area contributed by atoms with Crippen molar-refractivity contribution in [2.75, 3.05) is 0 Å². The van der Waals surface area contributed by atoms with Gasteiger partial charge in [0.15, 0.2) is 6.29 Å². The summed E-state index contributed by atoms with van der Waals surface area (Å²) in [4.78, 5) is 20.1. The zero-order valence-electron chi connectivity index (χ0n) is 11.7. The second-order valence-electron chi connectivity index (χ2n) is 4.44. The summed E-state index contributed by atoms with van der Waals surface area (Å²) in [7, 11) is 0. The molecule has 6 heteroatoms. The Bertz CT molecular complexity index is 304. The van der Waals surface area contributed by atoms with Crippen molar-refractivity contribution in [2.45, 2.75) is 52.5 Å². The van der Waals surface area contributed by atoms with Gasteiger partial charge >= 0.3 is 5.97 Å². The van der Waals surface area contributed by atoms with Gasteiger partial charge < -0.3 is 10.8 Å². The Hall–Kier alpha value is -0.580. The Kier molecular flexibility index (Phi) is 13.6. The summed E-state index contributed by atoms with van der Waals surface area (Å²) in [6.07, 6.45) is 4.56. The molecule has 19 heavy (non-hydrogen) atoms. The van der Waals surface area contributed by atoms with Gasteiger partial charge in [0.05, 0.1) is 5.03 Å². The van der Waals surface area contributed by atoms with Crippen LogP contribution in [0.4, 0.5) is 0 Å². The van der Waals surface area contributed by atoms with Crippen molar-refractivity contribution in [3.05, 3.63) is 10.1 Å². The van der Waals surface area contributed by atoms with Crippen molar-refractivity contribution >= 4 is 35.5 Å². The van der Waals surface area contributed by atoms with Gasteiger partial charge in [-0.05, 0) is 18.8 Å². The molecule has 0 saturated carbocycles. The molecule has 4 nitrogen and oxygen atoms in total. The van der Waals surface area contributed by atoms with Gasteiger partial charge in [-0.1, -0.05) is 56.8 Å². The summed E-state index contributed by atoms with van der Waals surface area (Å²) in [5.41, 5.74) is 5.16. The van der Waals surface area contributed by atoms with Crippen molar-refractivity contribution < 1.29 is 14.7 Å². The number of hydrogen-bond acceptors (Lipinski definition) is 3. The predicted octanol–water partition coefficient (Wildman–Crippen LogP) is 3.51. The Balaban J connectivity index is 0. The molecule has 0 fully saturated rings. The molecular weight excluding hydrogens is 289 g/mol. The molecular formula is C13H23Cl2NO3. The average Bonchev–Trinajstić information content (AvgIpc) is 2.37. The van der Waals surface area contributed by atoms with Crippen LogP contribution in [0.1, 0.15) is 46.5 Å². The molecule has 0 unspecified atom stereocenters. The third-order valence-corrected chi connectivity index (χ3v) is 3.17. The number of allylic oxidation sites excluding steroid dienone is 2. The smallest absolute Gasteiger partial charge is 0.320 e. The standard InChI is InChI=1S/C8H12Cl2O.C5H11NO2/c1-2-3-4-5-7(9)8(10)6-11;1-3(2)4(6)5(7)8/h6H,2-5H2,1H3;3-4H,6H2,1-2H3,(H,7,8)/b8-7-;/t;4-/m.0/s1. The Labute approximate surface area is 124 Å². The minimum atomic E-state index is -0.931. The second-order valence-corrected chi connectivity index (χ2v) is 5.30. The van der Waals surface area contributed by atoms with Crippen LogP contribution in [0.5, 0.6) is 0 Å². The van der Waals surface area contributed by atoms with Crippen LogP contribution < -0.4 is 5.73 Å². The first-order chi connectivity index (χ1) is 8.77. The highest BCUT2D eigenvalue weighted by Crippen LogP contribution is 2.18. The lowest BCUT2D eigenvalue weighted by atomic mass is 10.1. The number of carbonyl (C=O) groups is 2. The van der Waals surface area contributed by atoms with Crippen molar-refractivity contribution in [1.82, 2.24) is 0 Å². The minimum absolute atomic E-state index is 0.0208. The van der Waals surface area contributed by atoms with E-state index in [1.54, 1.807) is 13.8 Å². The SMILES string of the molecule is CC(C)[C@H](N)C(=O)O.CCCCC/C(Cl)=C(/Cl)C=O. The van der Waals surface area contributed by atoms with Gasteiger partial charge in [-0.2, -0.15) is 0 Å². The van der Waals surface area contributed by atoms with E-state index < -0.39 is 12.0 Å². The van der Waals surface area contributed by atoms with E-state index in [4.69, 9.17) is 34.0 Å². The van der Waals surface area contributed by atoms with Crippen molar-refractivity contribution in [2.24, 2.45) is 11.7 Å². The van der Waals surface area contributed by atoms with E-state index >= 15 is 0 Å². The number of aliphatic carboxylic acids is 1. The largest absolute Gasteiger partial charge is 0.480 e. The summed E-state index contributed by atoms with van der Waals surface area (Å²) in [5, 5.41) is 8.85. The molecule has 0 aromatic rings. The maximum absolute atomic E-state index is 10.1. The van der Waals surface area contributed by atoms with Gasteiger partial charge in [0.1, 0.15) is 6.04 Å². The van der Waals surface area contributed by atoms with Crippen LogP contribution in [0, 0.1) is 5.92 Å². The van der Waals surface area contributed by atoms with Crippen LogP contribution in [0.2, 0.25) is 0 Å². The highest BCUT2D eigenvalue weighted by Gasteiger charge is 2.14. The fraction of sp³-hybridized carbons (Fsp3) is 0.692. The summed E-state index contributed by atoms with van der Waals surface area (Å²) >= 11 is 11.2. The summed E-state index contributed by atoms with van der Waals surface area (Å²) in [6, 6.07) is -0.713. The zero-order valence-corrected chi connectivity index (χ0v) is 13.2. The lowest BCUT2D eigenvalue weighted by Crippen LogP contribution is -2.34. The summed E-state index contributed by atoms with van der Waals surface area (Å²) < 4.78 is 0. The normalized spacial score (nSPS) is 13.2. The molecule has 0 aromatic carbocycles. The molecule has 0 saturated heterocycles. The van der Waals surface area contributed by atoms with E-state index in [9.17, 15) is 9.59 Å². The molecule has 0 amide bonds. The molecule has 0 spiro atoms. The van der Waals surface area contributed by atoms with Crippen LogP contribution in [0.15, 0.2) is 10.1 Å². The molecule has 3 N–H and O–H groups in total. The zero-order chi connectivity index (χ0) is 15.4. The maximum Gasteiger partial charge on any atom is 0.320 e. The number of rotatable bonds is 7. The number of aldehydes is 1. The number of carboxylic acids is 1. The third kappa shape index (κ3) is 12.2. The number of hydrogen-bond donors (Lipinski definition) is 2. The third-order valence-electron chi connectivity index (χ3n) is 2.37. The minimum Gasteiger partial charge on any atom is -0.480 e. The van der Waals surface area contributed by atoms with Gasteiger partial charge in [0.25, 0.3) is 0 Å². The lowest BCUT2D eigenvalue weighted by Gasteiger charge is -2.07. The molecule has 0 aromatic heterocycles. The van der Waals surface area contributed by atoms with Crippen LogP contribution >= 0.6 is 23.2 Å². The topological polar surface area (TPSA) is 80.4 Å². The molecule has 0 heterocycles. The summed E-state index contributed by atoms with van der Waals surface area (Å²) in [6.45, 7) is 5.66. The maximum atomic E-state index is 10.1. The highest BCUT2D eigenvalue weighted by atomic mass is 35.5. The van der Waals surface area contributed by atoms with Crippen LogP contribution in [-0.2, 0) is 9.59 Å². The highest BCUT2D eigenvalue weighted by molar-refractivity contribution is 6.45. The van der Waals surface area contributed by atoms with E-state index in [0.29, 0.717) is 17.7 Å². The molecule has 1 atom stereocenters. The first-order valence-corrected chi connectivity index (χ1v) is 7.01. The van der Waals surface area contributed by atoms with Crippen LogP contribution in [0.25, 0.3) is 0 Å². The van der Waals surface area contributed by atoms with Gasteiger partial charge in [-0.15, -0.1) is 0 Å². The Morgan fingerprint density at radius 1 is 1.32 bits per heavy atom. The van der Waals surface area contributed by atoms with Crippen molar-refractivity contribution in [3.8, 4) is 0 Å². The van der Waals surface area contributed by atoms with Gasteiger partial charge in [-0.3, -0.25) is 9.59 Å². The number of nitrogens with two attached hydrogens (primary N) is 1. The predicted molar refractivity (Wildman–Crippen MR) is 79.4 cm³/mol. The van der Waals surface area contributed by atoms with E-state index in [-0.39, 0.29) is 11.0 Å². The Morgan fingerprint density at radius 2 is 1.84 bits per heavy atom. The molecule has 0 radical (unpaired) electrons. The first kappa shape index (κ1) is 20.7. The van der Waals surface area contributed by atoms with Gasteiger partial charge in [-0.25, -0.2) is 0 Å². The number of carboxylic acid groups (broad SMARTS) is 1. The monoisotopic (exact) mass is 311 g/mol. The van der Waals surface area contributed by atoms with Crippen molar-refractivity contribution in [1.29, 1.82) is 0 Å². The first-order valence-electron chi connectivity index (χ1n) is 6.25. The average molecular weight is 312 g/mol. The van der Waals surface area contributed by atoms with E-state index in [2.05, 4.69) is 6.92 Å². The number of unbranched alkanes of at least 4 members (excludes halogenated alkanes) is 2. The fourth-order valence-electron chi connectivity index (χ4n) is 0.999. The van der Waals surface area contributed by atoms with Crippen LogP contribution in [-0.4, -0.2) is 23.4 Å². The van der Waals surface area contributed by atoms with E-state index in [0.717, 1.165) is 19.3 Å². The number of halogens is 2. The lowest BCUT2D eigenvalue weighted by molar-refractivity contribution is -0.139. The van der Waals surface area contributed by atoms with E-state index in [1.165, 1.54) is 0 Å². The van der Waals surface area contributed by atoms with Gasteiger partial charge in [0.2, 0.25) is 0 Å². The fourth-order valence-corrected chi connectivity index (χ4v) is 1.27. The molecule has 112 valence electrons. The second kappa shape index (κ2) is 12.5. The molecule has 0 aliphatic rings.